The van der Waals surface area contributed by atoms with Gasteiger partial charge in [0.15, 0.2) is 18.1 Å². The lowest BCUT2D eigenvalue weighted by atomic mass is 10.2. The van der Waals surface area contributed by atoms with Gasteiger partial charge in [-0.15, -0.1) is 0 Å². The van der Waals surface area contributed by atoms with Crippen molar-refractivity contribution in [3.8, 4) is 11.5 Å². The first-order valence-electron chi connectivity index (χ1n) is 5.80. The van der Waals surface area contributed by atoms with Crippen LogP contribution in [0.1, 0.15) is 12.5 Å². The van der Waals surface area contributed by atoms with Crippen LogP contribution < -0.4 is 20.5 Å². The van der Waals surface area contributed by atoms with E-state index in [0.717, 1.165) is 5.56 Å². The van der Waals surface area contributed by atoms with E-state index < -0.39 is 17.9 Å². The highest BCUT2D eigenvalue weighted by atomic mass is 16.5. The maximum absolute atomic E-state index is 11.5. The first-order chi connectivity index (χ1) is 8.93. The van der Waals surface area contributed by atoms with Crippen molar-refractivity contribution in [1.82, 2.24) is 5.32 Å². The Kier molecular flexibility index (Phi) is 5.17. The number of carbonyl (C=O) groups is 2. The van der Waals surface area contributed by atoms with Crippen molar-refractivity contribution in [2.24, 2.45) is 5.73 Å². The zero-order chi connectivity index (χ0) is 14.4. The fraction of sp³-hybridized carbons (Fsp3) is 0.385. The molecule has 19 heavy (non-hydrogen) atoms. The minimum absolute atomic E-state index is 0.211. The summed E-state index contributed by atoms with van der Waals surface area (Å²) in [4.78, 5) is 22.3. The Morgan fingerprint density at radius 1 is 1.37 bits per heavy atom. The van der Waals surface area contributed by atoms with E-state index in [0.29, 0.717) is 11.5 Å². The van der Waals surface area contributed by atoms with Gasteiger partial charge in [0.05, 0.1) is 7.11 Å². The van der Waals surface area contributed by atoms with Gasteiger partial charge >= 0.3 is 0 Å². The molecule has 0 radical (unpaired) electrons. The standard InChI is InChI=1S/C13H18N2O4/c1-8-4-5-10(11(6-8)18-3)19-7-12(16)15-9(2)13(14)17/h4-6,9H,7H2,1-3H3,(H2,14,17)(H,15,16). The molecule has 6 nitrogen and oxygen atoms in total. The average molecular weight is 266 g/mol. The molecule has 0 saturated heterocycles. The Bertz CT molecular complexity index is 474. The highest BCUT2D eigenvalue weighted by Gasteiger charge is 2.13. The van der Waals surface area contributed by atoms with Crippen LogP contribution in [0.25, 0.3) is 0 Å². The van der Waals surface area contributed by atoms with Gasteiger partial charge < -0.3 is 20.5 Å². The third kappa shape index (κ3) is 4.50. The van der Waals surface area contributed by atoms with Crippen molar-refractivity contribution in [2.75, 3.05) is 13.7 Å². The maximum atomic E-state index is 11.5. The van der Waals surface area contributed by atoms with Gasteiger partial charge in [-0.25, -0.2) is 0 Å². The van der Waals surface area contributed by atoms with Crippen LogP contribution >= 0.6 is 0 Å². The molecule has 0 aliphatic heterocycles. The Balaban J connectivity index is 2.57. The van der Waals surface area contributed by atoms with Gasteiger partial charge in [-0.1, -0.05) is 6.07 Å². The number of nitrogens with two attached hydrogens (primary N) is 1. The number of nitrogens with one attached hydrogen (secondary N) is 1. The molecular formula is C13H18N2O4. The molecule has 0 heterocycles. The van der Waals surface area contributed by atoms with Crippen molar-refractivity contribution in [3.05, 3.63) is 23.8 Å². The van der Waals surface area contributed by atoms with Gasteiger partial charge in [0.25, 0.3) is 5.91 Å². The lowest BCUT2D eigenvalue weighted by Crippen LogP contribution is -2.44. The molecule has 2 amide bonds. The quantitative estimate of drug-likeness (QED) is 0.778. The lowest BCUT2D eigenvalue weighted by Gasteiger charge is -2.13. The maximum Gasteiger partial charge on any atom is 0.258 e. The number of hydrogen-bond donors (Lipinski definition) is 2. The molecule has 3 N–H and O–H groups in total. The van der Waals surface area contributed by atoms with Crippen LogP contribution in [0.5, 0.6) is 11.5 Å². The van der Waals surface area contributed by atoms with Crippen LogP contribution in [0.15, 0.2) is 18.2 Å². The number of aryl methyl sites for hydroxylation is 1. The van der Waals surface area contributed by atoms with Gasteiger partial charge in [-0.05, 0) is 31.5 Å². The third-order valence-corrected chi connectivity index (χ3v) is 2.48. The summed E-state index contributed by atoms with van der Waals surface area (Å²) in [5, 5.41) is 2.42. The lowest BCUT2D eigenvalue weighted by molar-refractivity contribution is -0.128. The van der Waals surface area contributed by atoms with E-state index in [-0.39, 0.29) is 6.61 Å². The zero-order valence-corrected chi connectivity index (χ0v) is 11.2. The molecule has 1 aromatic carbocycles. The van der Waals surface area contributed by atoms with Crippen LogP contribution in [0.4, 0.5) is 0 Å². The summed E-state index contributed by atoms with van der Waals surface area (Å²) in [7, 11) is 1.52. The van der Waals surface area contributed by atoms with E-state index in [1.807, 2.05) is 13.0 Å². The smallest absolute Gasteiger partial charge is 0.258 e. The molecule has 1 aromatic rings. The number of amides is 2. The van der Waals surface area contributed by atoms with Gasteiger partial charge in [0.2, 0.25) is 5.91 Å². The molecular weight excluding hydrogens is 248 g/mol. The van der Waals surface area contributed by atoms with Crippen molar-refractivity contribution in [1.29, 1.82) is 0 Å². The monoisotopic (exact) mass is 266 g/mol. The summed E-state index contributed by atoms with van der Waals surface area (Å²) >= 11 is 0. The molecule has 0 aliphatic rings. The van der Waals surface area contributed by atoms with Crippen LogP contribution in [-0.4, -0.2) is 31.6 Å². The molecule has 0 aliphatic carbocycles. The molecule has 6 heteroatoms. The summed E-state index contributed by atoms with van der Waals surface area (Å²) in [6.07, 6.45) is 0. The summed E-state index contributed by atoms with van der Waals surface area (Å²) in [6.45, 7) is 3.22. The SMILES string of the molecule is COc1cc(C)ccc1OCC(=O)NC(C)C(N)=O. The van der Waals surface area contributed by atoms with E-state index >= 15 is 0 Å². The molecule has 1 rings (SSSR count). The molecule has 0 saturated carbocycles. The Morgan fingerprint density at radius 3 is 2.63 bits per heavy atom. The highest BCUT2D eigenvalue weighted by molar-refractivity contribution is 5.86. The molecule has 0 fully saturated rings. The van der Waals surface area contributed by atoms with Gasteiger partial charge in [-0.2, -0.15) is 0 Å². The Labute approximate surface area is 111 Å². The second-order valence-corrected chi connectivity index (χ2v) is 4.13. The summed E-state index contributed by atoms with van der Waals surface area (Å²) in [5.74, 6) is 0.000854. The molecule has 0 aromatic heterocycles. The number of methoxy groups -OCH3 is 1. The van der Waals surface area contributed by atoms with E-state index in [1.165, 1.54) is 14.0 Å². The molecule has 0 bridgehead atoms. The predicted octanol–water partition coefficient (Wildman–Crippen LogP) is 0.372. The first kappa shape index (κ1) is 14.8. The fourth-order valence-electron chi connectivity index (χ4n) is 1.39. The second-order valence-electron chi connectivity index (χ2n) is 4.13. The van der Waals surface area contributed by atoms with E-state index in [9.17, 15) is 9.59 Å². The van der Waals surface area contributed by atoms with Gasteiger partial charge in [0.1, 0.15) is 6.04 Å². The molecule has 104 valence electrons. The van der Waals surface area contributed by atoms with Crippen molar-refractivity contribution >= 4 is 11.8 Å². The highest BCUT2D eigenvalue weighted by Crippen LogP contribution is 2.27. The minimum Gasteiger partial charge on any atom is -0.493 e. The Hall–Kier alpha value is -2.24. The van der Waals surface area contributed by atoms with Crippen LogP contribution in [-0.2, 0) is 9.59 Å². The van der Waals surface area contributed by atoms with Crippen LogP contribution in [0, 0.1) is 6.92 Å². The van der Waals surface area contributed by atoms with Gasteiger partial charge in [-0.3, -0.25) is 9.59 Å². The zero-order valence-electron chi connectivity index (χ0n) is 11.2. The average Bonchev–Trinajstić information content (AvgIpc) is 2.36. The van der Waals surface area contributed by atoms with E-state index in [4.69, 9.17) is 15.2 Å². The summed E-state index contributed by atoms with van der Waals surface area (Å²) in [6, 6.07) is 4.65. The number of benzene rings is 1. The number of rotatable bonds is 6. The number of ether oxygens (including phenoxy) is 2. The van der Waals surface area contributed by atoms with Crippen molar-refractivity contribution < 1.29 is 19.1 Å². The van der Waals surface area contributed by atoms with Gasteiger partial charge in [0, 0.05) is 0 Å². The number of hydrogen-bond acceptors (Lipinski definition) is 4. The summed E-state index contributed by atoms with van der Waals surface area (Å²) < 4.78 is 10.5. The van der Waals surface area contributed by atoms with E-state index in [2.05, 4.69) is 5.32 Å². The normalized spacial score (nSPS) is 11.5. The van der Waals surface area contributed by atoms with E-state index in [1.54, 1.807) is 12.1 Å². The molecule has 1 unspecified atom stereocenters. The van der Waals surface area contributed by atoms with Crippen molar-refractivity contribution in [2.45, 2.75) is 19.9 Å². The first-order valence-corrected chi connectivity index (χ1v) is 5.80. The largest absolute Gasteiger partial charge is 0.493 e. The van der Waals surface area contributed by atoms with Crippen LogP contribution in [0.2, 0.25) is 0 Å². The molecule has 0 spiro atoms. The third-order valence-electron chi connectivity index (χ3n) is 2.48. The predicted molar refractivity (Wildman–Crippen MR) is 70.0 cm³/mol. The Morgan fingerprint density at radius 2 is 2.05 bits per heavy atom. The molecule has 1 atom stereocenters. The number of primary amides is 1. The van der Waals surface area contributed by atoms with Crippen LogP contribution in [0.3, 0.4) is 0 Å². The minimum atomic E-state index is -0.726. The van der Waals surface area contributed by atoms with Crippen molar-refractivity contribution in [3.63, 3.8) is 0 Å². The fourth-order valence-corrected chi connectivity index (χ4v) is 1.39. The second kappa shape index (κ2) is 6.63. The topological polar surface area (TPSA) is 90.7 Å². The number of carbonyl (C=O) groups excluding carboxylic acids is 2. The summed E-state index contributed by atoms with van der Waals surface area (Å²) in [5.41, 5.74) is 6.06.